The molecule has 2 nitrogen and oxygen atoms in total. The van der Waals surface area contributed by atoms with E-state index in [1.54, 1.807) is 13.0 Å². The van der Waals surface area contributed by atoms with Crippen molar-refractivity contribution in [2.75, 3.05) is 0 Å². The monoisotopic (exact) mass is 203 g/mol. The summed E-state index contributed by atoms with van der Waals surface area (Å²) in [6, 6.07) is 1.31. The van der Waals surface area contributed by atoms with Crippen LogP contribution in [-0.2, 0) is 0 Å². The average molecular weight is 204 g/mol. The average Bonchev–Trinajstić information content (AvgIpc) is 2.28. The topological polar surface area (TPSA) is 43.1 Å². The number of carbonyl (C=O) groups is 1. The summed E-state index contributed by atoms with van der Waals surface area (Å²) in [6.45, 7) is 3.57. The molecule has 0 spiro atoms. The van der Waals surface area contributed by atoms with Crippen LogP contribution in [-0.4, -0.2) is 11.8 Å². The minimum Gasteiger partial charge on any atom is -0.321 e. The highest BCUT2D eigenvalue weighted by Crippen LogP contribution is 2.27. The van der Waals surface area contributed by atoms with Gasteiger partial charge in [-0.1, -0.05) is 11.6 Å². The Morgan fingerprint density at radius 3 is 2.67 bits per heavy atom. The zero-order chi connectivity index (χ0) is 9.30. The molecule has 1 heterocycles. The van der Waals surface area contributed by atoms with Crippen molar-refractivity contribution in [3.63, 3.8) is 0 Å². The predicted octanol–water partition coefficient (Wildman–Crippen LogP) is 2.24. The van der Waals surface area contributed by atoms with Crippen LogP contribution in [0.2, 0.25) is 5.02 Å². The first-order chi connectivity index (χ1) is 5.52. The molecule has 0 saturated carbocycles. The molecule has 1 rings (SSSR count). The molecule has 0 amide bonds. The smallest absolute Gasteiger partial charge is 0.190 e. The summed E-state index contributed by atoms with van der Waals surface area (Å²) in [6.07, 6.45) is 0. The zero-order valence-corrected chi connectivity index (χ0v) is 8.50. The Bertz CT molecular complexity index is 306. The van der Waals surface area contributed by atoms with E-state index in [1.165, 1.54) is 11.3 Å². The van der Waals surface area contributed by atoms with Gasteiger partial charge < -0.3 is 5.73 Å². The van der Waals surface area contributed by atoms with E-state index in [0.717, 1.165) is 4.88 Å². The third-order valence-electron chi connectivity index (χ3n) is 1.45. The highest BCUT2D eigenvalue weighted by molar-refractivity contribution is 7.14. The molecule has 1 aromatic heterocycles. The maximum atomic E-state index is 11.4. The Kier molecular flexibility index (Phi) is 2.88. The molecule has 4 heteroatoms. The molecule has 1 unspecified atom stereocenters. The SMILES string of the molecule is Cc1cc(Cl)c(C(=O)C(C)N)s1. The van der Waals surface area contributed by atoms with Crippen molar-refractivity contribution >= 4 is 28.7 Å². The Hall–Kier alpha value is -0.380. The number of hydrogen-bond acceptors (Lipinski definition) is 3. The van der Waals surface area contributed by atoms with Gasteiger partial charge in [-0.25, -0.2) is 0 Å². The van der Waals surface area contributed by atoms with E-state index in [9.17, 15) is 4.79 Å². The van der Waals surface area contributed by atoms with Gasteiger partial charge in [0.1, 0.15) is 0 Å². The van der Waals surface area contributed by atoms with Gasteiger partial charge in [-0.05, 0) is 19.9 Å². The number of nitrogens with two attached hydrogens (primary N) is 1. The number of rotatable bonds is 2. The van der Waals surface area contributed by atoms with Crippen LogP contribution in [0.3, 0.4) is 0 Å². The first-order valence-electron chi connectivity index (χ1n) is 3.58. The minimum absolute atomic E-state index is 0.0851. The maximum absolute atomic E-state index is 11.4. The maximum Gasteiger partial charge on any atom is 0.190 e. The standard InChI is InChI=1S/C8H10ClNOS/c1-4-3-6(9)8(12-4)7(11)5(2)10/h3,5H,10H2,1-2H3. The number of carbonyl (C=O) groups excluding carboxylic acids is 1. The van der Waals surface area contributed by atoms with E-state index in [-0.39, 0.29) is 5.78 Å². The lowest BCUT2D eigenvalue weighted by molar-refractivity contribution is 0.0972. The third kappa shape index (κ3) is 1.86. The Morgan fingerprint density at radius 2 is 2.33 bits per heavy atom. The van der Waals surface area contributed by atoms with Crippen LogP contribution in [0.5, 0.6) is 0 Å². The molecule has 0 aliphatic rings. The quantitative estimate of drug-likeness (QED) is 0.750. The van der Waals surface area contributed by atoms with Gasteiger partial charge >= 0.3 is 0 Å². The molecule has 0 aliphatic heterocycles. The molecule has 0 aromatic carbocycles. The Morgan fingerprint density at radius 1 is 1.75 bits per heavy atom. The summed E-state index contributed by atoms with van der Waals surface area (Å²) in [4.78, 5) is 13.0. The fraction of sp³-hybridized carbons (Fsp3) is 0.375. The summed E-state index contributed by atoms with van der Waals surface area (Å²) in [5.41, 5.74) is 5.44. The molecule has 2 N–H and O–H groups in total. The summed E-state index contributed by atoms with van der Waals surface area (Å²) >= 11 is 7.21. The molecule has 0 bridgehead atoms. The van der Waals surface area contributed by atoms with Crippen LogP contribution in [0.15, 0.2) is 6.07 Å². The molecular weight excluding hydrogens is 194 g/mol. The van der Waals surface area contributed by atoms with Gasteiger partial charge in [0.15, 0.2) is 5.78 Å². The first kappa shape index (κ1) is 9.71. The molecule has 12 heavy (non-hydrogen) atoms. The molecule has 1 aromatic rings. The summed E-state index contributed by atoms with van der Waals surface area (Å²) in [5, 5.41) is 0.514. The van der Waals surface area contributed by atoms with E-state index in [2.05, 4.69) is 0 Å². The van der Waals surface area contributed by atoms with Crippen molar-refractivity contribution in [1.29, 1.82) is 0 Å². The molecule has 66 valence electrons. The summed E-state index contributed by atoms with van der Waals surface area (Å²) in [5.74, 6) is -0.0851. The summed E-state index contributed by atoms with van der Waals surface area (Å²) in [7, 11) is 0. The summed E-state index contributed by atoms with van der Waals surface area (Å²) < 4.78 is 0. The van der Waals surface area contributed by atoms with Gasteiger partial charge in [-0.15, -0.1) is 11.3 Å². The van der Waals surface area contributed by atoms with Gasteiger partial charge in [-0.2, -0.15) is 0 Å². The largest absolute Gasteiger partial charge is 0.321 e. The molecule has 0 radical (unpaired) electrons. The van der Waals surface area contributed by atoms with Crippen molar-refractivity contribution < 1.29 is 4.79 Å². The predicted molar refractivity (Wildman–Crippen MR) is 52.0 cm³/mol. The van der Waals surface area contributed by atoms with E-state index < -0.39 is 6.04 Å². The van der Waals surface area contributed by atoms with Crippen molar-refractivity contribution in [1.82, 2.24) is 0 Å². The third-order valence-corrected chi connectivity index (χ3v) is 2.92. The Labute approximate surface area is 80.3 Å². The zero-order valence-electron chi connectivity index (χ0n) is 6.93. The van der Waals surface area contributed by atoms with Gasteiger partial charge in [0.2, 0.25) is 0 Å². The van der Waals surface area contributed by atoms with E-state index in [0.29, 0.717) is 9.90 Å². The van der Waals surface area contributed by atoms with Crippen molar-refractivity contribution in [2.45, 2.75) is 19.9 Å². The van der Waals surface area contributed by atoms with Crippen molar-refractivity contribution in [3.8, 4) is 0 Å². The minimum atomic E-state index is -0.472. The van der Waals surface area contributed by atoms with Crippen LogP contribution in [0.25, 0.3) is 0 Å². The number of thiophene rings is 1. The van der Waals surface area contributed by atoms with E-state index in [4.69, 9.17) is 17.3 Å². The van der Waals surface area contributed by atoms with Gasteiger partial charge in [0.05, 0.1) is 15.9 Å². The van der Waals surface area contributed by atoms with Crippen LogP contribution >= 0.6 is 22.9 Å². The number of aryl methyl sites for hydroxylation is 1. The molecule has 0 fully saturated rings. The van der Waals surface area contributed by atoms with E-state index in [1.807, 2.05) is 6.92 Å². The number of halogens is 1. The lowest BCUT2D eigenvalue weighted by Gasteiger charge is -2.00. The van der Waals surface area contributed by atoms with Crippen LogP contribution in [0, 0.1) is 6.92 Å². The van der Waals surface area contributed by atoms with Crippen LogP contribution in [0.1, 0.15) is 21.5 Å². The second kappa shape index (κ2) is 3.56. The fourth-order valence-electron chi connectivity index (χ4n) is 0.858. The lowest BCUT2D eigenvalue weighted by Crippen LogP contribution is -2.26. The van der Waals surface area contributed by atoms with Gasteiger partial charge in [0.25, 0.3) is 0 Å². The van der Waals surface area contributed by atoms with Crippen LogP contribution in [0.4, 0.5) is 0 Å². The van der Waals surface area contributed by atoms with Crippen molar-refractivity contribution in [2.24, 2.45) is 5.73 Å². The number of Topliss-reactive ketones (excluding diaryl/α,β-unsaturated/α-hetero) is 1. The first-order valence-corrected chi connectivity index (χ1v) is 4.77. The van der Waals surface area contributed by atoms with Gasteiger partial charge in [0, 0.05) is 4.88 Å². The second-order valence-electron chi connectivity index (χ2n) is 2.69. The Balaban J connectivity index is 3.02. The molecule has 0 aliphatic carbocycles. The lowest BCUT2D eigenvalue weighted by atomic mass is 10.2. The molecule has 1 atom stereocenters. The second-order valence-corrected chi connectivity index (χ2v) is 4.35. The van der Waals surface area contributed by atoms with Gasteiger partial charge in [-0.3, -0.25) is 4.79 Å². The number of ketones is 1. The van der Waals surface area contributed by atoms with E-state index >= 15 is 0 Å². The van der Waals surface area contributed by atoms with Crippen LogP contribution < -0.4 is 5.73 Å². The van der Waals surface area contributed by atoms with Crippen molar-refractivity contribution in [3.05, 3.63) is 20.8 Å². The molecule has 0 saturated heterocycles. The highest BCUT2D eigenvalue weighted by Gasteiger charge is 2.16. The highest BCUT2D eigenvalue weighted by atomic mass is 35.5. The molecular formula is C8H10ClNOS. The normalized spacial score (nSPS) is 13.0. The fourth-order valence-corrected chi connectivity index (χ4v) is 2.24. The number of hydrogen-bond donors (Lipinski definition) is 1.